The molecule has 0 saturated carbocycles. The van der Waals surface area contributed by atoms with E-state index in [0.29, 0.717) is 17.3 Å². The molecule has 2 aromatic carbocycles. The highest BCUT2D eigenvalue weighted by molar-refractivity contribution is 8.03. The summed E-state index contributed by atoms with van der Waals surface area (Å²) in [6.45, 7) is 0.398. The molecule has 4 nitrogen and oxygen atoms in total. The zero-order chi connectivity index (χ0) is 15.1. The largest absolute Gasteiger partial charge is 0.334 e. The summed E-state index contributed by atoms with van der Waals surface area (Å²) in [6, 6.07) is 14.1. The van der Waals surface area contributed by atoms with Crippen molar-refractivity contribution in [2.75, 3.05) is 5.32 Å². The number of rotatable bonds is 4. The van der Waals surface area contributed by atoms with Crippen molar-refractivity contribution in [3.05, 3.63) is 59.1 Å². The zero-order valence-electron chi connectivity index (χ0n) is 11.0. The van der Waals surface area contributed by atoms with E-state index in [1.807, 2.05) is 17.5 Å². The highest BCUT2D eigenvalue weighted by atomic mass is 35.5. The van der Waals surface area contributed by atoms with Crippen LogP contribution in [-0.4, -0.2) is 6.03 Å². The Morgan fingerprint density at radius 2 is 2.00 bits per heavy atom. The number of urea groups is 1. The SMILES string of the molecule is N#CSc1ccc(NC(=O)NCc2cccc(Cl)c2)cc1. The van der Waals surface area contributed by atoms with Crippen LogP contribution in [0.4, 0.5) is 10.5 Å². The predicted molar refractivity (Wildman–Crippen MR) is 85.2 cm³/mol. The van der Waals surface area contributed by atoms with Crippen LogP contribution in [0.5, 0.6) is 0 Å². The molecule has 0 aromatic heterocycles. The van der Waals surface area contributed by atoms with Crippen molar-refractivity contribution < 1.29 is 4.79 Å². The molecule has 2 N–H and O–H groups in total. The molecule has 0 saturated heterocycles. The molecule has 0 atom stereocenters. The molecule has 0 bridgehead atoms. The average Bonchev–Trinajstić information content (AvgIpc) is 2.48. The van der Waals surface area contributed by atoms with Gasteiger partial charge in [0.25, 0.3) is 0 Å². The molecule has 0 heterocycles. The maximum absolute atomic E-state index is 11.8. The number of nitriles is 1. The molecule has 0 fully saturated rings. The highest BCUT2D eigenvalue weighted by Crippen LogP contribution is 2.18. The fourth-order valence-corrected chi connectivity index (χ4v) is 2.25. The first-order valence-corrected chi connectivity index (χ1v) is 7.32. The average molecular weight is 318 g/mol. The normalized spacial score (nSPS) is 9.71. The summed E-state index contributed by atoms with van der Waals surface area (Å²) in [5, 5.41) is 16.7. The molecule has 0 aliphatic rings. The lowest BCUT2D eigenvalue weighted by Gasteiger charge is -2.08. The number of hydrogen-bond acceptors (Lipinski definition) is 3. The third-order valence-corrected chi connectivity index (χ3v) is 3.45. The summed E-state index contributed by atoms with van der Waals surface area (Å²) < 4.78 is 0. The van der Waals surface area contributed by atoms with E-state index in [-0.39, 0.29) is 6.03 Å². The zero-order valence-corrected chi connectivity index (χ0v) is 12.5. The Morgan fingerprint density at radius 1 is 1.24 bits per heavy atom. The van der Waals surface area contributed by atoms with Crippen LogP contribution in [0.2, 0.25) is 5.02 Å². The summed E-state index contributed by atoms with van der Waals surface area (Å²) in [5.74, 6) is 0. The molecule has 0 spiro atoms. The van der Waals surface area contributed by atoms with E-state index in [0.717, 1.165) is 22.2 Å². The van der Waals surface area contributed by atoms with Gasteiger partial charge in [-0.15, -0.1) is 0 Å². The van der Waals surface area contributed by atoms with Crippen LogP contribution in [0.15, 0.2) is 53.4 Å². The van der Waals surface area contributed by atoms with Gasteiger partial charge >= 0.3 is 6.03 Å². The number of carbonyl (C=O) groups is 1. The van der Waals surface area contributed by atoms with Gasteiger partial charge in [-0.05, 0) is 53.7 Å². The molecule has 0 unspecified atom stereocenters. The number of amides is 2. The van der Waals surface area contributed by atoms with E-state index in [9.17, 15) is 4.79 Å². The first kappa shape index (κ1) is 15.2. The van der Waals surface area contributed by atoms with Crippen LogP contribution in [0, 0.1) is 10.7 Å². The van der Waals surface area contributed by atoms with E-state index in [4.69, 9.17) is 16.9 Å². The predicted octanol–water partition coefficient (Wildman–Crippen LogP) is 4.23. The van der Waals surface area contributed by atoms with Crippen molar-refractivity contribution in [2.45, 2.75) is 11.4 Å². The minimum atomic E-state index is -0.296. The van der Waals surface area contributed by atoms with Gasteiger partial charge in [-0.1, -0.05) is 23.7 Å². The number of thiocyanates is 1. The van der Waals surface area contributed by atoms with Gasteiger partial charge < -0.3 is 10.6 Å². The Labute approximate surface area is 132 Å². The lowest BCUT2D eigenvalue weighted by Crippen LogP contribution is -2.28. The van der Waals surface area contributed by atoms with Crippen molar-refractivity contribution in [1.82, 2.24) is 5.32 Å². The van der Waals surface area contributed by atoms with E-state index >= 15 is 0 Å². The monoisotopic (exact) mass is 317 g/mol. The smallest absolute Gasteiger partial charge is 0.319 e. The van der Waals surface area contributed by atoms with Gasteiger partial charge in [0.2, 0.25) is 0 Å². The first-order chi connectivity index (χ1) is 10.2. The molecule has 0 aliphatic carbocycles. The van der Waals surface area contributed by atoms with Gasteiger partial charge in [-0.2, -0.15) is 5.26 Å². The number of benzene rings is 2. The van der Waals surface area contributed by atoms with Crippen LogP contribution in [0.25, 0.3) is 0 Å². The van der Waals surface area contributed by atoms with Gasteiger partial charge in [0.15, 0.2) is 0 Å². The Hall–Kier alpha value is -2.16. The Kier molecular flexibility index (Phi) is 5.50. The summed E-state index contributed by atoms with van der Waals surface area (Å²) in [4.78, 5) is 12.6. The maximum Gasteiger partial charge on any atom is 0.319 e. The molecule has 106 valence electrons. The number of halogens is 1. The lowest BCUT2D eigenvalue weighted by molar-refractivity contribution is 0.251. The van der Waals surface area contributed by atoms with E-state index in [2.05, 4.69) is 10.6 Å². The quantitative estimate of drug-likeness (QED) is 0.655. The fourth-order valence-electron chi connectivity index (χ4n) is 1.66. The Balaban J connectivity index is 1.85. The van der Waals surface area contributed by atoms with Crippen LogP contribution in [0.1, 0.15) is 5.56 Å². The van der Waals surface area contributed by atoms with Crippen molar-refractivity contribution in [3.8, 4) is 5.40 Å². The Bertz CT molecular complexity index is 667. The third kappa shape index (κ3) is 5.03. The molecule has 6 heteroatoms. The molecular weight excluding hydrogens is 306 g/mol. The molecule has 2 aromatic rings. The van der Waals surface area contributed by atoms with Crippen LogP contribution >= 0.6 is 23.4 Å². The van der Waals surface area contributed by atoms with Gasteiger partial charge in [-0.25, -0.2) is 4.79 Å². The maximum atomic E-state index is 11.8. The molecule has 21 heavy (non-hydrogen) atoms. The number of nitrogens with zero attached hydrogens (tertiary/aromatic N) is 1. The summed E-state index contributed by atoms with van der Waals surface area (Å²) in [6.07, 6.45) is 0. The van der Waals surface area contributed by atoms with E-state index < -0.39 is 0 Å². The molecular formula is C15H12ClN3OS. The fraction of sp³-hybridized carbons (Fsp3) is 0.0667. The summed E-state index contributed by atoms with van der Waals surface area (Å²) in [5.41, 5.74) is 1.60. The molecule has 0 aliphatic heterocycles. The van der Waals surface area contributed by atoms with Crippen molar-refractivity contribution in [1.29, 1.82) is 5.26 Å². The summed E-state index contributed by atoms with van der Waals surface area (Å²) in [7, 11) is 0. The summed E-state index contributed by atoms with van der Waals surface area (Å²) >= 11 is 6.95. The van der Waals surface area contributed by atoms with E-state index in [1.165, 1.54) is 0 Å². The second kappa shape index (κ2) is 7.58. The number of hydrogen-bond donors (Lipinski definition) is 2. The molecule has 2 rings (SSSR count). The minimum Gasteiger partial charge on any atom is -0.334 e. The second-order valence-corrected chi connectivity index (χ2v) is 5.45. The van der Waals surface area contributed by atoms with Gasteiger partial charge in [0, 0.05) is 22.2 Å². The van der Waals surface area contributed by atoms with E-state index in [1.54, 1.807) is 36.4 Å². The Morgan fingerprint density at radius 3 is 2.67 bits per heavy atom. The van der Waals surface area contributed by atoms with Crippen molar-refractivity contribution >= 4 is 35.1 Å². The number of carbonyl (C=O) groups excluding carboxylic acids is 1. The minimum absolute atomic E-state index is 0.296. The van der Waals surface area contributed by atoms with Crippen LogP contribution < -0.4 is 10.6 Å². The number of nitrogens with one attached hydrogen (secondary N) is 2. The van der Waals surface area contributed by atoms with Crippen LogP contribution in [-0.2, 0) is 6.54 Å². The molecule has 2 amide bonds. The number of anilines is 1. The van der Waals surface area contributed by atoms with Crippen LogP contribution in [0.3, 0.4) is 0 Å². The van der Waals surface area contributed by atoms with Gasteiger partial charge in [0.05, 0.1) is 0 Å². The second-order valence-electron chi connectivity index (χ2n) is 4.16. The standard InChI is InChI=1S/C15H12ClN3OS/c16-12-3-1-2-11(8-12)9-18-15(20)19-13-4-6-14(7-5-13)21-10-17/h1-8H,9H2,(H2,18,19,20). The third-order valence-electron chi connectivity index (χ3n) is 2.62. The lowest BCUT2D eigenvalue weighted by atomic mass is 10.2. The van der Waals surface area contributed by atoms with Crippen molar-refractivity contribution in [2.24, 2.45) is 0 Å². The molecule has 0 radical (unpaired) electrons. The highest BCUT2D eigenvalue weighted by Gasteiger charge is 2.02. The topological polar surface area (TPSA) is 64.9 Å². The van der Waals surface area contributed by atoms with Gasteiger partial charge in [0.1, 0.15) is 5.40 Å². The van der Waals surface area contributed by atoms with Crippen molar-refractivity contribution in [3.63, 3.8) is 0 Å². The van der Waals surface area contributed by atoms with Gasteiger partial charge in [-0.3, -0.25) is 0 Å². The number of thioether (sulfide) groups is 1. The first-order valence-electron chi connectivity index (χ1n) is 6.12.